The molecule has 11 nitrogen and oxygen atoms in total. The van der Waals surface area contributed by atoms with Crippen molar-refractivity contribution in [1.29, 1.82) is 0 Å². The third kappa shape index (κ3) is 12.2. The molecular weight excluding hydrogens is 346 g/mol. The molecule has 0 saturated carbocycles. The zero-order chi connectivity index (χ0) is 17.6. The van der Waals surface area contributed by atoms with Crippen LogP contribution in [0.4, 0.5) is 0 Å². The quantitative estimate of drug-likeness (QED) is 0.214. The molecule has 5 N–H and O–H groups in total. The molecule has 22 heavy (non-hydrogen) atoms. The highest BCUT2D eigenvalue weighted by atomic mass is 31.3. The Morgan fingerprint density at radius 1 is 1.32 bits per heavy atom. The summed E-state index contributed by atoms with van der Waals surface area (Å²) in [6.45, 7) is 0.756. The van der Waals surface area contributed by atoms with E-state index in [0.717, 1.165) is 0 Å². The normalized spacial score (nSPS) is 19.2. The second kappa shape index (κ2) is 8.49. The summed E-state index contributed by atoms with van der Waals surface area (Å²) in [7, 11) is -10.1. The number of aliphatic hydroxyl groups excluding tert-OH is 1. The number of aliphatic hydroxyl groups is 2. The number of carbonyl (C=O) groups is 1. The fraction of sp³-hybridized carbons (Fsp3) is 0.889. The molecule has 0 aromatic heterocycles. The minimum atomic E-state index is -5.18. The summed E-state index contributed by atoms with van der Waals surface area (Å²) in [5, 5.41) is 29.6. The van der Waals surface area contributed by atoms with Crippen LogP contribution in [0.1, 0.15) is 32.6 Å². The maximum Gasteiger partial charge on any atom is 0.481 e. The highest BCUT2D eigenvalue weighted by Gasteiger charge is 2.32. The van der Waals surface area contributed by atoms with E-state index in [9.17, 15) is 29.2 Å². The van der Waals surface area contributed by atoms with Crippen molar-refractivity contribution in [2.24, 2.45) is 0 Å². The molecule has 3 atom stereocenters. The predicted octanol–water partition coefficient (Wildman–Crippen LogP) is -1.37. The average Bonchev–Trinajstić information content (AvgIpc) is 2.17. The second-order valence-corrected chi connectivity index (χ2v) is 7.75. The summed E-state index contributed by atoms with van der Waals surface area (Å²) in [6.07, 6.45) is -2.06. The van der Waals surface area contributed by atoms with Crippen molar-refractivity contribution in [3.05, 3.63) is 0 Å². The Morgan fingerprint density at radius 3 is 2.32 bits per heavy atom. The summed E-state index contributed by atoms with van der Waals surface area (Å²) in [5.74, 6) is -1.48. The van der Waals surface area contributed by atoms with Crippen LogP contribution in [0.5, 0.6) is 0 Å². The van der Waals surface area contributed by atoms with Crippen LogP contribution in [0.15, 0.2) is 0 Å². The average molecular weight is 365 g/mol. The van der Waals surface area contributed by atoms with Gasteiger partial charge in [-0.25, -0.2) is 9.13 Å². The minimum Gasteiger partial charge on any atom is -0.550 e. The van der Waals surface area contributed by atoms with Gasteiger partial charge in [-0.3, -0.25) is 4.52 Å². The van der Waals surface area contributed by atoms with Crippen molar-refractivity contribution in [1.82, 2.24) is 0 Å². The van der Waals surface area contributed by atoms with Gasteiger partial charge in [0.25, 0.3) is 0 Å². The largest absolute Gasteiger partial charge is 0.550 e. The summed E-state index contributed by atoms with van der Waals surface area (Å²) >= 11 is 0. The predicted molar refractivity (Wildman–Crippen MR) is 69.0 cm³/mol. The zero-order valence-electron chi connectivity index (χ0n) is 11.7. The number of rotatable bonds is 11. The topological polar surface area (TPSA) is 194 Å². The summed E-state index contributed by atoms with van der Waals surface area (Å²) in [4.78, 5) is 36.0. The Balaban J connectivity index is 4.08. The van der Waals surface area contributed by atoms with Gasteiger partial charge in [0.1, 0.15) is 0 Å². The molecule has 0 amide bonds. The van der Waals surface area contributed by atoms with Crippen LogP contribution >= 0.6 is 15.6 Å². The van der Waals surface area contributed by atoms with Crippen LogP contribution in [0.3, 0.4) is 0 Å². The number of hydrogen-bond donors (Lipinski definition) is 5. The van der Waals surface area contributed by atoms with Crippen molar-refractivity contribution in [2.75, 3.05) is 6.61 Å². The smallest absolute Gasteiger partial charge is 0.481 e. The van der Waals surface area contributed by atoms with Crippen LogP contribution in [0.2, 0.25) is 0 Å². The van der Waals surface area contributed by atoms with Gasteiger partial charge in [-0.15, -0.1) is 0 Å². The van der Waals surface area contributed by atoms with E-state index >= 15 is 0 Å². The van der Waals surface area contributed by atoms with Gasteiger partial charge in [0.05, 0.1) is 18.3 Å². The molecule has 0 aromatic rings. The fourth-order valence-corrected chi connectivity index (χ4v) is 3.27. The molecule has 0 aliphatic carbocycles. The van der Waals surface area contributed by atoms with Gasteiger partial charge >= 0.3 is 15.6 Å². The molecule has 13 heteroatoms. The SMILES string of the molecule is CC(O)(CC(=O)[O-])CC(O)CCCOP(=O)(O)OP(=O)(O)O. The van der Waals surface area contributed by atoms with Crippen LogP contribution in [0, 0.1) is 0 Å². The minimum absolute atomic E-state index is 0.00234. The van der Waals surface area contributed by atoms with Crippen molar-refractivity contribution in [3.63, 3.8) is 0 Å². The molecule has 0 bridgehead atoms. The molecular formula is C9H19O11P2-. The first-order valence-corrected chi connectivity index (χ1v) is 9.09. The highest BCUT2D eigenvalue weighted by Crippen LogP contribution is 2.57. The number of carboxylic acids is 1. The van der Waals surface area contributed by atoms with Crippen LogP contribution in [-0.2, 0) is 22.8 Å². The van der Waals surface area contributed by atoms with E-state index in [0.29, 0.717) is 0 Å². The van der Waals surface area contributed by atoms with E-state index in [1.54, 1.807) is 0 Å². The Hall–Kier alpha value is -0.350. The van der Waals surface area contributed by atoms with E-state index in [4.69, 9.17) is 14.7 Å². The molecule has 0 saturated heterocycles. The molecule has 0 aliphatic rings. The fourth-order valence-electron chi connectivity index (χ4n) is 1.65. The lowest BCUT2D eigenvalue weighted by Gasteiger charge is -2.26. The lowest BCUT2D eigenvalue weighted by atomic mass is 9.93. The molecule has 132 valence electrons. The molecule has 0 spiro atoms. The number of phosphoric acid groups is 2. The van der Waals surface area contributed by atoms with Crippen LogP contribution in [0.25, 0.3) is 0 Å². The van der Waals surface area contributed by atoms with E-state index in [1.165, 1.54) is 6.92 Å². The summed E-state index contributed by atoms with van der Waals surface area (Å²) < 4.78 is 29.2. The molecule has 3 unspecified atom stereocenters. The lowest BCUT2D eigenvalue weighted by molar-refractivity contribution is -0.309. The molecule has 0 aliphatic heterocycles. The van der Waals surface area contributed by atoms with E-state index in [1.807, 2.05) is 0 Å². The third-order valence-corrected chi connectivity index (χ3v) is 4.53. The monoisotopic (exact) mass is 365 g/mol. The first-order chi connectivity index (χ1) is 9.72. The number of aliphatic carboxylic acids is 1. The van der Waals surface area contributed by atoms with Crippen molar-refractivity contribution >= 4 is 21.6 Å². The van der Waals surface area contributed by atoms with Crippen molar-refractivity contribution < 1.29 is 52.8 Å². The number of phosphoric ester groups is 1. The number of hydrogen-bond acceptors (Lipinski definition) is 8. The van der Waals surface area contributed by atoms with Crippen LogP contribution < -0.4 is 5.11 Å². The van der Waals surface area contributed by atoms with Crippen molar-refractivity contribution in [3.8, 4) is 0 Å². The van der Waals surface area contributed by atoms with E-state index < -0.39 is 46.3 Å². The van der Waals surface area contributed by atoms with E-state index in [-0.39, 0.29) is 19.3 Å². The Morgan fingerprint density at radius 2 is 1.86 bits per heavy atom. The maximum atomic E-state index is 11.1. The van der Waals surface area contributed by atoms with Gasteiger partial charge in [0.2, 0.25) is 0 Å². The van der Waals surface area contributed by atoms with Crippen LogP contribution in [-0.4, -0.2) is 49.2 Å². The molecule has 0 heterocycles. The van der Waals surface area contributed by atoms with Gasteiger partial charge in [0.15, 0.2) is 0 Å². The molecule has 0 rings (SSSR count). The second-order valence-electron chi connectivity index (χ2n) is 4.92. The molecule has 0 radical (unpaired) electrons. The first-order valence-electron chi connectivity index (χ1n) is 6.07. The van der Waals surface area contributed by atoms with Gasteiger partial charge < -0.3 is 34.8 Å². The summed E-state index contributed by atoms with van der Waals surface area (Å²) in [6, 6.07) is 0. The van der Waals surface area contributed by atoms with Gasteiger partial charge in [0, 0.05) is 18.8 Å². The standard InChI is InChI=1S/C9H20O11P2/c1-9(13,6-8(11)12)5-7(10)3-2-4-19-22(17,18)20-21(14,15)16/h7,10,13H,2-6H2,1H3,(H,11,12)(H,17,18)(H2,14,15,16)/p-1. The first kappa shape index (κ1) is 21.6. The van der Waals surface area contributed by atoms with Crippen molar-refractivity contribution in [2.45, 2.75) is 44.3 Å². The number of carbonyl (C=O) groups excluding carboxylic acids is 1. The van der Waals surface area contributed by atoms with Gasteiger partial charge in [-0.05, 0) is 19.8 Å². The third-order valence-electron chi connectivity index (χ3n) is 2.35. The maximum absolute atomic E-state index is 11.1. The highest BCUT2D eigenvalue weighted by molar-refractivity contribution is 7.60. The molecule has 0 fully saturated rings. The Labute approximate surface area is 126 Å². The Bertz CT molecular complexity index is 456. The van der Waals surface area contributed by atoms with Gasteiger partial charge in [-0.2, -0.15) is 4.31 Å². The van der Waals surface area contributed by atoms with E-state index in [2.05, 4.69) is 8.83 Å². The summed E-state index contributed by atoms with van der Waals surface area (Å²) in [5.41, 5.74) is -1.67. The Kier molecular flexibility index (Phi) is 8.35. The zero-order valence-corrected chi connectivity index (χ0v) is 13.5. The molecule has 0 aromatic carbocycles. The van der Waals surface area contributed by atoms with Gasteiger partial charge in [-0.1, -0.05) is 0 Å². The lowest BCUT2D eigenvalue weighted by Crippen LogP contribution is -2.37. The number of carboxylic acid groups (broad SMARTS) is 1.